The van der Waals surface area contributed by atoms with Crippen molar-refractivity contribution in [3.05, 3.63) is 65.7 Å². The Labute approximate surface area is 183 Å². The van der Waals surface area contributed by atoms with E-state index >= 15 is 0 Å². The van der Waals surface area contributed by atoms with Gasteiger partial charge in [0.05, 0.1) is 0 Å². The minimum absolute atomic E-state index is 0.883. The highest BCUT2D eigenvalue weighted by Crippen LogP contribution is 2.22. The van der Waals surface area contributed by atoms with Gasteiger partial charge in [-0.3, -0.25) is 4.90 Å². The summed E-state index contributed by atoms with van der Waals surface area (Å²) in [7, 11) is 0. The van der Waals surface area contributed by atoms with Crippen molar-refractivity contribution in [1.29, 1.82) is 0 Å². The van der Waals surface area contributed by atoms with Crippen LogP contribution in [0.2, 0.25) is 0 Å². The summed E-state index contributed by atoms with van der Waals surface area (Å²) in [6.07, 6.45) is 6.70. The van der Waals surface area contributed by atoms with Crippen LogP contribution in [-0.4, -0.2) is 62.2 Å². The molecule has 0 aliphatic carbocycles. The van der Waals surface area contributed by atoms with Gasteiger partial charge in [0.2, 0.25) is 0 Å². The molecule has 2 saturated heterocycles. The zero-order valence-corrected chi connectivity index (χ0v) is 18.8. The zero-order chi connectivity index (χ0) is 20.6. The molecule has 0 aromatic heterocycles. The molecule has 0 spiro atoms. The van der Waals surface area contributed by atoms with Crippen LogP contribution in [0.15, 0.2) is 54.6 Å². The fourth-order valence-corrected chi connectivity index (χ4v) is 5.02. The first-order valence-corrected chi connectivity index (χ1v) is 12.1. The number of piperazine rings is 1. The van der Waals surface area contributed by atoms with Gasteiger partial charge in [-0.1, -0.05) is 48.0 Å². The van der Waals surface area contributed by atoms with Crippen LogP contribution in [0.4, 0.5) is 5.69 Å². The van der Waals surface area contributed by atoms with Gasteiger partial charge in [0.15, 0.2) is 0 Å². The van der Waals surface area contributed by atoms with Crippen molar-refractivity contribution in [3.8, 4) is 0 Å². The first kappa shape index (κ1) is 21.4. The van der Waals surface area contributed by atoms with Crippen LogP contribution in [-0.2, 0) is 6.42 Å². The summed E-state index contributed by atoms with van der Waals surface area (Å²) in [4.78, 5) is 7.91. The topological polar surface area (TPSA) is 9.72 Å². The van der Waals surface area contributed by atoms with E-state index in [-0.39, 0.29) is 0 Å². The minimum atomic E-state index is 0.883. The zero-order valence-electron chi connectivity index (χ0n) is 18.8. The van der Waals surface area contributed by atoms with Crippen molar-refractivity contribution in [2.75, 3.05) is 57.3 Å². The van der Waals surface area contributed by atoms with Crippen molar-refractivity contribution in [3.63, 3.8) is 0 Å². The third-order valence-corrected chi connectivity index (χ3v) is 7.04. The molecule has 0 N–H and O–H groups in total. The number of rotatable bonds is 8. The second-order valence-electron chi connectivity index (χ2n) is 9.35. The number of aryl methyl sites for hydroxylation is 1. The number of likely N-dealkylation sites (tertiary alicyclic amines) is 1. The second kappa shape index (κ2) is 11.0. The third kappa shape index (κ3) is 6.33. The molecule has 2 aromatic carbocycles. The summed E-state index contributed by atoms with van der Waals surface area (Å²) < 4.78 is 0. The number of hydrogen-bond acceptors (Lipinski definition) is 3. The van der Waals surface area contributed by atoms with Crippen LogP contribution < -0.4 is 4.90 Å². The average Bonchev–Trinajstić information content (AvgIpc) is 2.79. The quantitative estimate of drug-likeness (QED) is 0.581. The van der Waals surface area contributed by atoms with E-state index in [1.165, 1.54) is 88.2 Å². The van der Waals surface area contributed by atoms with Crippen LogP contribution in [0.1, 0.15) is 36.8 Å². The Morgan fingerprint density at radius 1 is 0.700 bits per heavy atom. The molecule has 0 amide bonds. The molecular weight excluding hydrogens is 366 g/mol. The maximum atomic E-state index is 2.71. The number of piperidine rings is 1. The van der Waals surface area contributed by atoms with Gasteiger partial charge < -0.3 is 9.80 Å². The molecule has 0 unspecified atom stereocenters. The van der Waals surface area contributed by atoms with Gasteiger partial charge in [-0.05, 0) is 88.8 Å². The standard InChI is InChI=1S/C27H39N3/c1-24-9-11-27(12-10-24)30-21-19-29(20-22-30)16-6-5-15-28-17-13-26(14-18-28)23-25-7-3-2-4-8-25/h2-4,7-12,26H,5-6,13-23H2,1H3. The molecule has 2 aromatic rings. The molecule has 2 heterocycles. The molecule has 0 bridgehead atoms. The lowest BCUT2D eigenvalue weighted by atomic mass is 9.90. The van der Waals surface area contributed by atoms with E-state index in [4.69, 9.17) is 0 Å². The maximum absolute atomic E-state index is 2.71. The minimum Gasteiger partial charge on any atom is -0.369 e. The van der Waals surface area contributed by atoms with Crippen LogP contribution in [0, 0.1) is 12.8 Å². The summed E-state index contributed by atoms with van der Waals surface area (Å²) in [5.41, 5.74) is 4.24. The van der Waals surface area contributed by atoms with E-state index in [9.17, 15) is 0 Å². The predicted octanol–water partition coefficient (Wildman–Crippen LogP) is 4.85. The Kier molecular flexibility index (Phi) is 7.82. The van der Waals surface area contributed by atoms with Crippen LogP contribution in [0.5, 0.6) is 0 Å². The molecule has 2 fully saturated rings. The molecule has 0 atom stereocenters. The molecule has 3 heteroatoms. The van der Waals surface area contributed by atoms with Gasteiger partial charge in [0.25, 0.3) is 0 Å². The highest BCUT2D eigenvalue weighted by Gasteiger charge is 2.20. The first-order chi connectivity index (χ1) is 14.8. The Morgan fingerprint density at radius 3 is 1.93 bits per heavy atom. The molecule has 2 aliphatic heterocycles. The van der Waals surface area contributed by atoms with Gasteiger partial charge in [-0.15, -0.1) is 0 Å². The smallest absolute Gasteiger partial charge is 0.0367 e. The Morgan fingerprint density at radius 2 is 1.30 bits per heavy atom. The van der Waals surface area contributed by atoms with Gasteiger partial charge in [-0.25, -0.2) is 0 Å². The molecule has 0 radical (unpaired) electrons. The molecule has 0 saturated carbocycles. The highest BCUT2D eigenvalue weighted by atomic mass is 15.3. The fraction of sp³-hybridized carbons (Fsp3) is 0.556. The van der Waals surface area contributed by atoms with Gasteiger partial charge in [0.1, 0.15) is 0 Å². The van der Waals surface area contributed by atoms with Gasteiger partial charge in [-0.2, -0.15) is 0 Å². The largest absolute Gasteiger partial charge is 0.369 e. The Bertz CT molecular complexity index is 726. The molecule has 2 aliphatic rings. The Hall–Kier alpha value is -1.84. The van der Waals surface area contributed by atoms with E-state index in [0.29, 0.717) is 0 Å². The number of anilines is 1. The summed E-state index contributed by atoms with van der Waals surface area (Å²) in [6.45, 7) is 12.1. The van der Waals surface area contributed by atoms with Crippen molar-refractivity contribution >= 4 is 5.69 Å². The lowest BCUT2D eigenvalue weighted by Gasteiger charge is -2.36. The van der Waals surface area contributed by atoms with E-state index in [2.05, 4.69) is 76.2 Å². The summed E-state index contributed by atoms with van der Waals surface area (Å²) in [5, 5.41) is 0. The van der Waals surface area contributed by atoms with Gasteiger partial charge >= 0.3 is 0 Å². The van der Waals surface area contributed by atoms with E-state index in [1.54, 1.807) is 0 Å². The molecule has 162 valence electrons. The monoisotopic (exact) mass is 405 g/mol. The molecule has 4 rings (SSSR count). The normalized spacial score (nSPS) is 19.3. The van der Waals surface area contributed by atoms with E-state index in [0.717, 1.165) is 19.0 Å². The fourth-order valence-electron chi connectivity index (χ4n) is 5.02. The molecule has 30 heavy (non-hydrogen) atoms. The summed E-state index contributed by atoms with van der Waals surface area (Å²) >= 11 is 0. The molecule has 3 nitrogen and oxygen atoms in total. The van der Waals surface area contributed by atoms with Crippen molar-refractivity contribution in [1.82, 2.24) is 9.80 Å². The second-order valence-corrected chi connectivity index (χ2v) is 9.35. The van der Waals surface area contributed by atoms with E-state index < -0.39 is 0 Å². The number of unbranched alkanes of at least 4 members (excludes halogenated alkanes) is 1. The molecular formula is C27H39N3. The van der Waals surface area contributed by atoms with Crippen molar-refractivity contribution < 1.29 is 0 Å². The Balaban J connectivity index is 1.07. The van der Waals surface area contributed by atoms with Gasteiger partial charge in [0, 0.05) is 31.9 Å². The third-order valence-electron chi connectivity index (χ3n) is 7.04. The van der Waals surface area contributed by atoms with Crippen LogP contribution in [0.3, 0.4) is 0 Å². The number of hydrogen-bond donors (Lipinski definition) is 0. The predicted molar refractivity (Wildman–Crippen MR) is 128 cm³/mol. The lowest BCUT2D eigenvalue weighted by molar-refractivity contribution is 0.176. The first-order valence-electron chi connectivity index (χ1n) is 12.1. The SMILES string of the molecule is Cc1ccc(N2CCN(CCCCN3CCC(Cc4ccccc4)CC3)CC2)cc1. The van der Waals surface area contributed by atoms with E-state index in [1.807, 2.05) is 0 Å². The lowest BCUT2D eigenvalue weighted by Crippen LogP contribution is -2.46. The number of nitrogens with zero attached hydrogens (tertiary/aromatic N) is 3. The number of benzene rings is 2. The van der Waals surface area contributed by atoms with Crippen LogP contribution >= 0.6 is 0 Å². The highest BCUT2D eigenvalue weighted by molar-refractivity contribution is 5.47. The average molecular weight is 406 g/mol. The maximum Gasteiger partial charge on any atom is 0.0367 e. The summed E-state index contributed by atoms with van der Waals surface area (Å²) in [6, 6.07) is 20.0. The van der Waals surface area contributed by atoms with Crippen molar-refractivity contribution in [2.45, 2.75) is 39.0 Å². The van der Waals surface area contributed by atoms with Crippen molar-refractivity contribution in [2.24, 2.45) is 5.92 Å². The summed E-state index contributed by atoms with van der Waals surface area (Å²) in [5.74, 6) is 0.883. The van der Waals surface area contributed by atoms with Crippen LogP contribution in [0.25, 0.3) is 0 Å².